The molecule has 0 aromatic carbocycles. The Bertz CT molecular complexity index is 338. The fourth-order valence-corrected chi connectivity index (χ4v) is 2.60. The van der Waals surface area contributed by atoms with Crippen molar-refractivity contribution in [2.24, 2.45) is 5.92 Å². The summed E-state index contributed by atoms with van der Waals surface area (Å²) in [6, 6.07) is 0.566. The summed E-state index contributed by atoms with van der Waals surface area (Å²) in [7, 11) is 2.19. The predicted octanol–water partition coefficient (Wildman–Crippen LogP) is 2.91. The van der Waals surface area contributed by atoms with Gasteiger partial charge in [-0.2, -0.15) is 0 Å². The predicted molar refractivity (Wildman–Crippen MR) is 80.1 cm³/mol. The summed E-state index contributed by atoms with van der Waals surface area (Å²) in [5, 5.41) is 6.82. The number of hydrogen-bond donors (Lipinski definition) is 1. The molecular formula is C14H27N3S. The molecule has 3 nitrogen and oxygen atoms in total. The van der Waals surface area contributed by atoms with Crippen molar-refractivity contribution in [3.8, 4) is 0 Å². The van der Waals surface area contributed by atoms with E-state index in [1.807, 2.05) is 0 Å². The van der Waals surface area contributed by atoms with E-state index in [0.717, 1.165) is 24.6 Å². The number of aromatic nitrogens is 1. The highest BCUT2D eigenvalue weighted by Crippen LogP contribution is 2.14. The third-order valence-electron chi connectivity index (χ3n) is 3.49. The molecule has 0 saturated carbocycles. The van der Waals surface area contributed by atoms with Crippen LogP contribution in [0, 0.1) is 12.8 Å². The molecule has 1 rings (SSSR count). The largest absolute Gasteiger partial charge is 0.316 e. The maximum atomic E-state index is 4.53. The first-order valence-corrected chi connectivity index (χ1v) is 7.74. The summed E-state index contributed by atoms with van der Waals surface area (Å²) in [6.07, 6.45) is 1.20. The van der Waals surface area contributed by atoms with Gasteiger partial charge in [-0.15, -0.1) is 11.3 Å². The first-order valence-electron chi connectivity index (χ1n) is 6.86. The number of nitrogens with zero attached hydrogens (tertiary/aromatic N) is 2. The second kappa shape index (κ2) is 7.87. The van der Waals surface area contributed by atoms with Gasteiger partial charge in [0.25, 0.3) is 0 Å². The minimum Gasteiger partial charge on any atom is -0.316 e. The van der Waals surface area contributed by atoms with Crippen LogP contribution in [-0.4, -0.2) is 36.1 Å². The van der Waals surface area contributed by atoms with Gasteiger partial charge in [-0.05, 0) is 46.3 Å². The van der Waals surface area contributed by atoms with Crippen molar-refractivity contribution in [1.82, 2.24) is 15.2 Å². The molecule has 1 N–H and O–H groups in total. The Hall–Kier alpha value is -0.450. The molecule has 0 saturated heterocycles. The highest BCUT2D eigenvalue weighted by molar-refractivity contribution is 7.09. The summed E-state index contributed by atoms with van der Waals surface area (Å²) in [5.74, 6) is 0.654. The highest BCUT2D eigenvalue weighted by Gasteiger charge is 2.17. The minimum atomic E-state index is 0.566. The molecule has 0 aliphatic heterocycles. The normalized spacial score (nSPS) is 15.0. The lowest BCUT2D eigenvalue weighted by Gasteiger charge is -2.29. The van der Waals surface area contributed by atoms with Gasteiger partial charge in [-0.25, -0.2) is 4.98 Å². The lowest BCUT2D eigenvalue weighted by Crippen LogP contribution is -2.38. The van der Waals surface area contributed by atoms with Gasteiger partial charge in [-0.1, -0.05) is 13.8 Å². The zero-order chi connectivity index (χ0) is 13.5. The number of nitrogens with one attached hydrogen (secondary N) is 1. The van der Waals surface area contributed by atoms with Crippen molar-refractivity contribution in [3.05, 3.63) is 16.1 Å². The van der Waals surface area contributed by atoms with E-state index >= 15 is 0 Å². The standard InChI is InChI=1S/C14H27N3S/c1-6-7-15-8-11(2)12(3)17(5)9-14-10-18-13(4)16-14/h10-12,15H,6-9H2,1-5H3. The fourth-order valence-electron chi connectivity index (χ4n) is 1.99. The van der Waals surface area contributed by atoms with Crippen LogP contribution in [0.4, 0.5) is 0 Å². The molecule has 2 atom stereocenters. The zero-order valence-corrected chi connectivity index (χ0v) is 13.2. The van der Waals surface area contributed by atoms with E-state index in [9.17, 15) is 0 Å². The van der Waals surface area contributed by atoms with Crippen LogP contribution in [0.5, 0.6) is 0 Å². The van der Waals surface area contributed by atoms with E-state index < -0.39 is 0 Å². The first-order chi connectivity index (χ1) is 8.54. The van der Waals surface area contributed by atoms with Crippen molar-refractivity contribution in [1.29, 1.82) is 0 Å². The fraction of sp³-hybridized carbons (Fsp3) is 0.786. The second-order valence-electron chi connectivity index (χ2n) is 5.19. The van der Waals surface area contributed by atoms with Gasteiger partial charge in [0.1, 0.15) is 0 Å². The van der Waals surface area contributed by atoms with Crippen LogP contribution < -0.4 is 5.32 Å². The molecular weight excluding hydrogens is 242 g/mol. The number of aryl methyl sites for hydroxylation is 1. The molecule has 1 aromatic heterocycles. The van der Waals surface area contributed by atoms with Crippen LogP contribution in [0.1, 0.15) is 37.9 Å². The van der Waals surface area contributed by atoms with Crippen molar-refractivity contribution < 1.29 is 0 Å². The van der Waals surface area contributed by atoms with Crippen LogP contribution >= 0.6 is 11.3 Å². The van der Waals surface area contributed by atoms with Crippen LogP contribution in [0.25, 0.3) is 0 Å². The van der Waals surface area contributed by atoms with Crippen LogP contribution in [0.15, 0.2) is 5.38 Å². The van der Waals surface area contributed by atoms with Gasteiger partial charge in [0, 0.05) is 18.0 Å². The lowest BCUT2D eigenvalue weighted by atomic mass is 10.0. The summed E-state index contributed by atoms with van der Waals surface area (Å²) >= 11 is 1.73. The molecule has 4 heteroatoms. The Morgan fingerprint density at radius 2 is 2.17 bits per heavy atom. The Kier molecular flexibility index (Phi) is 6.82. The topological polar surface area (TPSA) is 28.2 Å². The maximum absolute atomic E-state index is 4.53. The van der Waals surface area contributed by atoms with E-state index in [0.29, 0.717) is 12.0 Å². The molecule has 0 spiro atoms. The Balaban J connectivity index is 2.37. The molecule has 18 heavy (non-hydrogen) atoms. The Morgan fingerprint density at radius 1 is 1.44 bits per heavy atom. The molecule has 0 radical (unpaired) electrons. The SMILES string of the molecule is CCCNCC(C)C(C)N(C)Cc1csc(C)n1. The van der Waals surface area contributed by atoms with E-state index in [2.05, 4.69) is 55.3 Å². The van der Waals surface area contributed by atoms with Crippen molar-refractivity contribution in [2.75, 3.05) is 20.1 Å². The van der Waals surface area contributed by atoms with Crippen molar-refractivity contribution in [3.63, 3.8) is 0 Å². The summed E-state index contributed by atoms with van der Waals surface area (Å²) in [5.41, 5.74) is 1.19. The number of hydrogen-bond acceptors (Lipinski definition) is 4. The van der Waals surface area contributed by atoms with Crippen LogP contribution in [-0.2, 0) is 6.54 Å². The van der Waals surface area contributed by atoms with Gasteiger partial charge >= 0.3 is 0 Å². The lowest BCUT2D eigenvalue weighted by molar-refractivity contribution is 0.187. The number of thiazole rings is 1. The Labute approximate surface area is 116 Å². The molecule has 0 amide bonds. The molecule has 1 heterocycles. The average molecular weight is 269 g/mol. The smallest absolute Gasteiger partial charge is 0.0897 e. The third-order valence-corrected chi connectivity index (χ3v) is 4.31. The molecule has 104 valence electrons. The minimum absolute atomic E-state index is 0.566. The van der Waals surface area contributed by atoms with Gasteiger partial charge < -0.3 is 5.32 Å². The van der Waals surface area contributed by atoms with Gasteiger partial charge in [-0.3, -0.25) is 4.90 Å². The van der Waals surface area contributed by atoms with Crippen molar-refractivity contribution in [2.45, 2.75) is 46.7 Å². The highest BCUT2D eigenvalue weighted by atomic mass is 32.1. The Morgan fingerprint density at radius 3 is 2.72 bits per heavy atom. The summed E-state index contributed by atoms with van der Waals surface area (Å²) in [4.78, 5) is 6.92. The average Bonchev–Trinajstić information content (AvgIpc) is 2.73. The van der Waals surface area contributed by atoms with Crippen LogP contribution in [0.3, 0.4) is 0 Å². The van der Waals surface area contributed by atoms with Gasteiger partial charge in [0.2, 0.25) is 0 Å². The van der Waals surface area contributed by atoms with E-state index in [-0.39, 0.29) is 0 Å². The molecule has 0 aliphatic carbocycles. The van der Waals surface area contributed by atoms with Crippen LogP contribution in [0.2, 0.25) is 0 Å². The zero-order valence-electron chi connectivity index (χ0n) is 12.4. The quantitative estimate of drug-likeness (QED) is 0.736. The van der Waals surface area contributed by atoms with Gasteiger partial charge in [0.15, 0.2) is 0 Å². The van der Waals surface area contributed by atoms with E-state index in [1.165, 1.54) is 12.1 Å². The van der Waals surface area contributed by atoms with E-state index in [1.54, 1.807) is 11.3 Å². The van der Waals surface area contributed by atoms with Crippen molar-refractivity contribution >= 4 is 11.3 Å². The molecule has 0 aliphatic rings. The maximum Gasteiger partial charge on any atom is 0.0897 e. The third kappa shape index (κ3) is 5.04. The number of rotatable bonds is 8. The molecule has 1 aromatic rings. The first kappa shape index (κ1) is 15.6. The second-order valence-corrected chi connectivity index (χ2v) is 6.26. The summed E-state index contributed by atoms with van der Waals surface area (Å²) < 4.78 is 0. The summed E-state index contributed by atoms with van der Waals surface area (Å²) in [6.45, 7) is 12.0. The van der Waals surface area contributed by atoms with Gasteiger partial charge in [0.05, 0.1) is 10.7 Å². The monoisotopic (exact) mass is 269 g/mol. The molecule has 0 fully saturated rings. The molecule has 2 unspecified atom stereocenters. The molecule has 0 bridgehead atoms. The van der Waals surface area contributed by atoms with E-state index in [4.69, 9.17) is 0 Å².